The summed E-state index contributed by atoms with van der Waals surface area (Å²) in [5, 5.41) is 10.2. The maximum absolute atomic E-state index is 13.4. The molecule has 0 atom stereocenters. The van der Waals surface area contributed by atoms with E-state index in [0.717, 1.165) is 6.07 Å². The lowest BCUT2D eigenvalue weighted by molar-refractivity contribution is 0.581. The number of hydrogen-bond acceptors (Lipinski definition) is 3. The van der Waals surface area contributed by atoms with E-state index < -0.39 is 11.6 Å². The Bertz CT molecular complexity index is 548. The molecular weight excluding hydrogens is 315 g/mol. The Morgan fingerprint density at radius 3 is 2.53 bits per heavy atom. The molecule has 1 heterocycles. The summed E-state index contributed by atoms with van der Waals surface area (Å²) in [6.45, 7) is 0. The molecule has 0 saturated carbocycles. The van der Waals surface area contributed by atoms with Crippen LogP contribution in [0.2, 0.25) is 5.15 Å². The van der Waals surface area contributed by atoms with Crippen molar-refractivity contribution < 1.29 is 8.78 Å². The molecule has 0 radical (unpaired) electrons. The lowest BCUT2D eigenvalue weighted by atomic mass is 10.3. The van der Waals surface area contributed by atoms with Crippen molar-refractivity contribution in [3.05, 3.63) is 45.5 Å². The normalized spacial score (nSPS) is 10.4. The van der Waals surface area contributed by atoms with Crippen LogP contribution in [0.4, 0.5) is 20.3 Å². The van der Waals surface area contributed by atoms with E-state index in [0.29, 0.717) is 5.82 Å². The van der Waals surface area contributed by atoms with Gasteiger partial charge in [0, 0.05) is 6.07 Å². The Kier molecular flexibility index (Phi) is 3.54. The SMILES string of the molecule is Fc1cc(F)c(Nc2ccc(Cl)nn2)cc1Br. The highest BCUT2D eigenvalue weighted by molar-refractivity contribution is 9.10. The molecule has 3 nitrogen and oxygen atoms in total. The fourth-order valence-corrected chi connectivity index (χ4v) is 1.58. The molecular formula is C10H5BrClF2N3. The summed E-state index contributed by atoms with van der Waals surface area (Å²) in [7, 11) is 0. The van der Waals surface area contributed by atoms with Gasteiger partial charge >= 0.3 is 0 Å². The van der Waals surface area contributed by atoms with Gasteiger partial charge in [-0.15, -0.1) is 10.2 Å². The Labute approximate surface area is 109 Å². The average molecular weight is 321 g/mol. The summed E-state index contributed by atoms with van der Waals surface area (Å²) in [5.41, 5.74) is 0.0925. The van der Waals surface area contributed by atoms with Gasteiger partial charge in [0.2, 0.25) is 0 Å². The quantitative estimate of drug-likeness (QED) is 0.852. The smallest absolute Gasteiger partial charge is 0.153 e. The van der Waals surface area contributed by atoms with Crippen molar-refractivity contribution in [2.24, 2.45) is 0 Å². The van der Waals surface area contributed by atoms with Crippen molar-refractivity contribution in [3.8, 4) is 0 Å². The number of hydrogen-bond donors (Lipinski definition) is 1. The second kappa shape index (κ2) is 4.93. The van der Waals surface area contributed by atoms with Crippen molar-refractivity contribution in [2.45, 2.75) is 0 Å². The topological polar surface area (TPSA) is 37.8 Å². The van der Waals surface area contributed by atoms with Crippen LogP contribution in [0.25, 0.3) is 0 Å². The van der Waals surface area contributed by atoms with E-state index in [1.807, 2.05) is 0 Å². The van der Waals surface area contributed by atoms with Crippen LogP contribution in [0.1, 0.15) is 0 Å². The molecule has 0 bridgehead atoms. The molecule has 0 unspecified atom stereocenters. The van der Waals surface area contributed by atoms with Crippen LogP contribution in [0.15, 0.2) is 28.7 Å². The van der Waals surface area contributed by atoms with Crippen LogP contribution in [0.5, 0.6) is 0 Å². The van der Waals surface area contributed by atoms with Crippen LogP contribution < -0.4 is 5.32 Å². The first kappa shape index (κ1) is 12.2. The average Bonchev–Trinajstić information content (AvgIpc) is 2.29. The van der Waals surface area contributed by atoms with Crippen molar-refractivity contribution in [3.63, 3.8) is 0 Å². The van der Waals surface area contributed by atoms with Gasteiger partial charge in [-0.1, -0.05) is 11.6 Å². The zero-order chi connectivity index (χ0) is 12.4. The van der Waals surface area contributed by atoms with Gasteiger partial charge in [0.25, 0.3) is 0 Å². The molecule has 0 aliphatic carbocycles. The second-order valence-electron chi connectivity index (χ2n) is 3.11. The standard InChI is InChI=1S/C10H5BrClF2N3/c11-5-3-8(7(14)4-6(5)13)15-10-2-1-9(12)16-17-10/h1-4H,(H,15,17). The Morgan fingerprint density at radius 2 is 1.88 bits per heavy atom. The molecule has 0 fully saturated rings. The Hall–Kier alpha value is -1.27. The molecule has 0 spiro atoms. The van der Waals surface area contributed by atoms with Gasteiger partial charge in [0.15, 0.2) is 11.0 Å². The minimum Gasteiger partial charge on any atom is -0.336 e. The molecule has 17 heavy (non-hydrogen) atoms. The van der Waals surface area contributed by atoms with Crippen molar-refractivity contribution in [1.29, 1.82) is 0 Å². The summed E-state index contributed by atoms with van der Waals surface area (Å²) < 4.78 is 26.5. The predicted molar refractivity (Wildman–Crippen MR) is 64.4 cm³/mol. The molecule has 0 aliphatic rings. The van der Waals surface area contributed by atoms with E-state index in [2.05, 4.69) is 31.4 Å². The molecule has 0 amide bonds. The van der Waals surface area contributed by atoms with Crippen molar-refractivity contribution in [1.82, 2.24) is 10.2 Å². The first-order valence-electron chi connectivity index (χ1n) is 4.47. The number of nitrogens with zero attached hydrogens (tertiary/aromatic N) is 2. The first-order chi connectivity index (χ1) is 8.06. The number of halogens is 4. The Morgan fingerprint density at radius 1 is 1.12 bits per heavy atom. The third-order valence-corrected chi connectivity index (χ3v) is 2.71. The van der Waals surface area contributed by atoms with E-state index in [1.165, 1.54) is 18.2 Å². The van der Waals surface area contributed by atoms with Crippen LogP contribution >= 0.6 is 27.5 Å². The fraction of sp³-hybridized carbons (Fsp3) is 0. The third-order valence-electron chi connectivity index (χ3n) is 1.90. The lowest BCUT2D eigenvalue weighted by Crippen LogP contribution is -1.98. The first-order valence-corrected chi connectivity index (χ1v) is 5.64. The zero-order valence-corrected chi connectivity index (χ0v) is 10.6. The zero-order valence-electron chi connectivity index (χ0n) is 8.22. The van der Waals surface area contributed by atoms with E-state index in [9.17, 15) is 8.78 Å². The van der Waals surface area contributed by atoms with Gasteiger partial charge < -0.3 is 5.32 Å². The van der Waals surface area contributed by atoms with E-state index in [4.69, 9.17) is 11.6 Å². The summed E-state index contributed by atoms with van der Waals surface area (Å²) in [6, 6.07) is 5.09. The number of nitrogens with one attached hydrogen (secondary N) is 1. The van der Waals surface area contributed by atoms with Crippen LogP contribution in [0.3, 0.4) is 0 Å². The highest BCUT2D eigenvalue weighted by Crippen LogP contribution is 2.25. The number of benzene rings is 1. The van der Waals surface area contributed by atoms with Crippen LogP contribution in [-0.2, 0) is 0 Å². The highest BCUT2D eigenvalue weighted by atomic mass is 79.9. The Balaban J connectivity index is 2.30. The molecule has 2 rings (SSSR count). The number of rotatable bonds is 2. The molecule has 7 heteroatoms. The molecule has 0 saturated heterocycles. The van der Waals surface area contributed by atoms with Gasteiger partial charge in [-0.25, -0.2) is 8.78 Å². The molecule has 1 aromatic heterocycles. The maximum atomic E-state index is 13.4. The summed E-state index contributed by atoms with van der Waals surface area (Å²) in [4.78, 5) is 0. The minimum absolute atomic E-state index is 0.0925. The van der Waals surface area contributed by atoms with Crippen LogP contribution in [0, 0.1) is 11.6 Å². The molecule has 88 valence electrons. The van der Waals surface area contributed by atoms with Crippen LogP contribution in [-0.4, -0.2) is 10.2 Å². The largest absolute Gasteiger partial charge is 0.336 e. The molecule has 1 N–H and O–H groups in total. The maximum Gasteiger partial charge on any atom is 0.153 e. The minimum atomic E-state index is -0.720. The molecule has 0 aliphatic heterocycles. The van der Waals surface area contributed by atoms with Gasteiger partial charge in [-0.3, -0.25) is 0 Å². The highest BCUT2D eigenvalue weighted by Gasteiger charge is 2.08. The summed E-state index contributed by atoms with van der Waals surface area (Å²) in [6.07, 6.45) is 0. The number of aromatic nitrogens is 2. The van der Waals surface area contributed by atoms with Crippen molar-refractivity contribution in [2.75, 3.05) is 5.32 Å². The van der Waals surface area contributed by atoms with Gasteiger partial charge in [0.05, 0.1) is 10.2 Å². The van der Waals surface area contributed by atoms with E-state index in [1.54, 1.807) is 0 Å². The van der Waals surface area contributed by atoms with Gasteiger partial charge in [0.1, 0.15) is 11.6 Å². The predicted octanol–water partition coefficient (Wildman–Crippen LogP) is 3.91. The van der Waals surface area contributed by atoms with Gasteiger partial charge in [-0.05, 0) is 34.1 Å². The van der Waals surface area contributed by atoms with Gasteiger partial charge in [-0.2, -0.15) is 0 Å². The van der Waals surface area contributed by atoms with Crippen molar-refractivity contribution >= 4 is 39.0 Å². The third kappa shape index (κ3) is 2.89. The second-order valence-corrected chi connectivity index (χ2v) is 4.35. The number of anilines is 2. The van der Waals surface area contributed by atoms with E-state index >= 15 is 0 Å². The fourth-order valence-electron chi connectivity index (χ4n) is 1.14. The van der Waals surface area contributed by atoms with E-state index in [-0.39, 0.29) is 15.3 Å². The molecule has 2 aromatic rings. The summed E-state index contributed by atoms with van der Waals surface area (Å²) in [5.74, 6) is -1.08. The summed E-state index contributed by atoms with van der Waals surface area (Å²) >= 11 is 8.53. The lowest BCUT2D eigenvalue weighted by Gasteiger charge is -2.07. The monoisotopic (exact) mass is 319 g/mol. The molecule has 1 aromatic carbocycles.